The fourth-order valence-corrected chi connectivity index (χ4v) is 1.31. The third kappa shape index (κ3) is 1.77. The Kier molecular flexibility index (Phi) is 2.71. The number of rotatable bonds is 2. The maximum absolute atomic E-state index is 9.24. The Morgan fingerprint density at radius 3 is 2.58 bits per heavy atom. The van der Waals surface area contributed by atoms with Gasteiger partial charge in [0, 0.05) is 6.54 Å². The van der Waals surface area contributed by atoms with Crippen molar-refractivity contribution < 1.29 is 5.11 Å². The molecular formula is C10H15NO. The Balaban J connectivity index is 3.12. The zero-order chi connectivity index (χ0) is 9.14. The molecule has 0 bridgehead atoms. The summed E-state index contributed by atoms with van der Waals surface area (Å²) in [4.78, 5) is 0. The first-order valence-electron chi connectivity index (χ1n) is 4.17. The van der Waals surface area contributed by atoms with Crippen molar-refractivity contribution in [3.05, 3.63) is 29.3 Å². The molecule has 0 heterocycles. The van der Waals surface area contributed by atoms with Crippen LogP contribution in [0.1, 0.15) is 30.9 Å². The lowest BCUT2D eigenvalue weighted by atomic mass is 9.97. The van der Waals surface area contributed by atoms with E-state index in [1.54, 1.807) is 12.1 Å². The lowest BCUT2D eigenvalue weighted by molar-refractivity contribution is 0.473. The standard InChI is InChI=1S/C10H15NO/c1-7(2)10-5-9(12)4-3-8(10)6-11/h3-5,7,12H,6,11H2,1-2H3. The molecular weight excluding hydrogens is 150 g/mol. The molecule has 3 N–H and O–H groups in total. The number of nitrogens with two attached hydrogens (primary N) is 1. The second-order valence-electron chi connectivity index (χ2n) is 3.24. The molecule has 0 unspecified atom stereocenters. The molecule has 0 radical (unpaired) electrons. The van der Waals surface area contributed by atoms with E-state index in [2.05, 4.69) is 13.8 Å². The van der Waals surface area contributed by atoms with Gasteiger partial charge in [0.25, 0.3) is 0 Å². The highest BCUT2D eigenvalue weighted by molar-refractivity contribution is 5.36. The number of phenols is 1. The van der Waals surface area contributed by atoms with Crippen molar-refractivity contribution in [1.82, 2.24) is 0 Å². The lowest BCUT2D eigenvalue weighted by Gasteiger charge is -2.11. The molecule has 0 aromatic heterocycles. The van der Waals surface area contributed by atoms with Gasteiger partial charge in [-0.2, -0.15) is 0 Å². The van der Waals surface area contributed by atoms with Crippen molar-refractivity contribution >= 4 is 0 Å². The van der Waals surface area contributed by atoms with Crippen LogP contribution in [-0.2, 0) is 6.54 Å². The van der Waals surface area contributed by atoms with E-state index < -0.39 is 0 Å². The number of phenolic OH excluding ortho intramolecular Hbond substituents is 1. The van der Waals surface area contributed by atoms with Crippen molar-refractivity contribution in [3.8, 4) is 5.75 Å². The number of aromatic hydroxyl groups is 1. The van der Waals surface area contributed by atoms with Crippen LogP contribution in [0.5, 0.6) is 5.75 Å². The molecule has 1 rings (SSSR count). The summed E-state index contributed by atoms with van der Waals surface area (Å²) >= 11 is 0. The van der Waals surface area contributed by atoms with E-state index in [4.69, 9.17) is 5.73 Å². The maximum atomic E-state index is 9.24. The van der Waals surface area contributed by atoms with Crippen LogP contribution >= 0.6 is 0 Å². The molecule has 2 nitrogen and oxygen atoms in total. The molecule has 0 saturated heterocycles. The third-order valence-corrected chi connectivity index (χ3v) is 1.97. The van der Waals surface area contributed by atoms with Gasteiger partial charge in [0.1, 0.15) is 5.75 Å². The highest BCUT2D eigenvalue weighted by Crippen LogP contribution is 2.23. The summed E-state index contributed by atoms with van der Waals surface area (Å²) in [5.74, 6) is 0.728. The van der Waals surface area contributed by atoms with Crippen molar-refractivity contribution in [1.29, 1.82) is 0 Å². The first-order valence-corrected chi connectivity index (χ1v) is 4.17. The molecule has 0 aliphatic carbocycles. The SMILES string of the molecule is CC(C)c1cc(O)ccc1CN. The Hall–Kier alpha value is -1.02. The molecule has 66 valence electrons. The molecule has 0 spiro atoms. The van der Waals surface area contributed by atoms with Crippen LogP contribution < -0.4 is 5.73 Å². The highest BCUT2D eigenvalue weighted by Gasteiger charge is 2.05. The van der Waals surface area contributed by atoms with E-state index in [-0.39, 0.29) is 0 Å². The Morgan fingerprint density at radius 1 is 1.42 bits per heavy atom. The van der Waals surface area contributed by atoms with Gasteiger partial charge in [-0.05, 0) is 29.2 Å². The molecule has 1 aromatic carbocycles. The van der Waals surface area contributed by atoms with Crippen molar-refractivity contribution in [2.75, 3.05) is 0 Å². The molecule has 0 atom stereocenters. The third-order valence-electron chi connectivity index (χ3n) is 1.97. The van der Waals surface area contributed by atoms with Crippen LogP contribution in [0.3, 0.4) is 0 Å². The summed E-state index contributed by atoms with van der Waals surface area (Å²) in [5, 5.41) is 9.24. The number of hydrogen-bond donors (Lipinski definition) is 2. The van der Waals surface area contributed by atoms with E-state index in [0.29, 0.717) is 18.2 Å². The fraction of sp³-hybridized carbons (Fsp3) is 0.400. The van der Waals surface area contributed by atoms with E-state index in [9.17, 15) is 5.11 Å². The quantitative estimate of drug-likeness (QED) is 0.703. The van der Waals surface area contributed by atoms with E-state index >= 15 is 0 Å². The zero-order valence-electron chi connectivity index (χ0n) is 7.54. The van der Waals surface area contributed by atoms with E-state index in [0.717, 1.165) is 11.1 Å². The van der Waals surface area contributed by atoms with Gasteiger partial charge in [0.2, 0.25) is 0 Å². The van der Waals surface area contributed by atoms with Crippen LogP contribution in [0.15, 0.2) is 18.2 Å². The van der Waals surface area contributed by atoms with Gasteiger partial charge in [0.05, 0.1) is 0 Å². The predicted octanol–water partition coefficient (Wildman–Crippen LogP) is 1.97. The summed E-state index contributed by atoms with van der Waals surface area (Å²) in [6.07, 6.45) is 0. The molecule has 0 saturated carbocycles. The normalized spacial score (nSPS) is 10.7. The number of hydrogen-bond acceptors (Lipinski definition) is 2. The average molecular weight is 165 g/mol. The Morgan fingerprint density at radius 2 is 2.08 bits per heavy atom. The summed E-state index contributed by atoms with van der Waals surface area (Å²) in [5.41, 5.74) is 7.81. The maximum Gasteiger partial charge on any atom is 0.115 e. The summed E-state index contributed by atoms with van der Waals surface area (Å²) in [6, 6.07) is 5.34. The Bertz CT molecular complexity index is 269. The van der Waals surface area contributed by atoms with Crippen LogP contribution in [0.25, 0.3) is 0 Å². The van der Waals surface area contributed by atoms with Gasteiger partial charge in [-0.3, -0.25) is 0 Å². The van der Waals surface area contributed by atoms with Gasteiger partial charge in [-0.25, -0.2) is 0 Å². The first-order chi connectivity index (χ1) is 5.65. The zero-order valence-corrected chi connectivity index (χ0v) is 7.54. The lowest BCUT2D eigenvalue weighted by Crippen LogP contribution is -2.02. The van der Waals surface area contributed by atoms with Crippen molar-refractivity contribution in [2.24, 2.45) is 5.73 Å². The summed E-state index contributed by atoms with van der Waals surface area (Å²) in [7, 11) is 0. The van der Waals surface area contributed by atoms with Crippen molar-refractivity contribution in [3.63, 3.8) is 0 Å². The van der Waals surface area contributed by atoms with Crippen LogP contribution in [-0.4, -0.2) is 5.11 Å². The molecule has 1 aromatic rings. The predicted molar refractivity (Wildman–Crippen MR) is 50.1 cm³/mol. The second-order valence-corrected chi connectivity index (χ2v) is 3.24. The van der Waals surface area contributed by atoms with Gasteiger partial charge in [-0.1, -0.05) is 19.9 Å². The number of benzene rings is 1. The Labute approximate surface area is 73.0 Å². The fourth-order valence-electron chi connectivity index (χ4n) is 1.31. The molecule has 0 amide bonds. The smallest absolute Gasteiger partial charge is 0.115 e. The van der Waals surface area contributed by atoms with Crippen LogP contribution in [0.4, 0.5) is 0 Å². The van der Waals surface area contributed by atoms with Gasteiger partial charge in [-0.15, -0.1) is 0 Å². The minimum atomic E-state index is 0.316. The summed E-state index contributed by atoms with van der Waals surface area (Å²) < 4.78 is 0. The van der Waals surface area contributed by atoms with Gasteiger partial charge < -0.3 is 10.8 Å². The van der Waals surface area contributed by atoms with Crippen LogP contribution in [0.2, 0.25) is 0 Å². The monoisotopic (exact) mass is 165 g/mol. The second kappa shape index (κ2) is 3.59. The van der Waals surface area contributed by atoms with Crippen molar-refractivity contribution in [2.45, 2.75) is 26.3 Å². The average Bonchev–Trinajstić information content (AvgIpc) is 2.04. The van der Waals surface area contributed by atoms with Gasteiger partial charge >= 0.3 is 0 Å². The van der Waals surface area contributed by atoms with Crippen LogP contribution in [0, 0.1) is 0 Å². The highest BCUT2D eigenvalue weighted by atomic mass is 16.3. The van der Waals surface area contributed by atoms with E-state index in [1.807, 2.05) is 6.07 Å². The molecule has 12 heavy (non-hydrogen) atoms. The van der Waals surface area contributed by atoms with E-state index in [1.165, 1.54) is 0 Å². The summed E-state index contributed by atoms with van der Waals surface area (Å²) in [6.45, 7) is 4.72. The molecule has 0 fully saturated rings. The van der Waals surface area contributed by atoms with Gasteiger partial charge in [0.15, 0.2) is 0 Å². The molecule has 2 heteroatoms. The minimum absolute atomic E-state index is 0.316. The minimum Gasteiger partial charge on any atom is -0.508 e. The largest absolute Gasteiger partial charge is 0.508 e. The first kappa shape index (κ1) is 9.07. The topological polar surface area (TPSA) is 46.2 Å². The molecule has 0 aliphatic rings. The molecule has 0 aliphatic heterocycles.